The Balaban J connectivity index is 2.28. The zero-order valence-electron chi connectivity index (χ0n) is 10.8. The molecule has 0 unspecified atom stereocenters. The first-order chi connectivity index (χ1) is 9.37. The van der Waals surface area contributed by atoms with Crippen LogP contribution >= 0.6 is 0 Å². The molecule has 1 heterocycles. The van der Waals surface area contributed by atoms with Crippen LogP contribution in [0.3, 0.4) is 0 Å². The predicted molar refractivity (Wildman–Crippen MR) is 68.4 cm³/mol. The molecule has 1 aromatic carbocycles. The van der Waals surface area contributed by atoms with Crippen molar-refractivity contribution in [1.29, 1.82) is 0 Å². The summed E-state index contributed by atoms with van der Waals surface area (Å²) in [6, 6.07) is 7.19. The molecule has 0 fully saturated rings. The number of halogens is 3. The third-order valence-corrected chi connectivity index (χ3v) is 2.46. The number of nitrogens with zero attached hydrogens (tertiary/aromatic N) is 2. The van der Waals surface area contributed by atoms with Crippen LogP contribution in [0.5, 0.6) is 5.75 Å². The largest absolute Gasteiger partial charge is 0.573 e. The summed E-state index contributed by atoms with van der Waals surface area (Å²) in [5.74, 6) is 0.804. The van der Waals surface area contributed by atoms with E-state index in [1.54, 1.807) is 13.1 Å². The molecular formula is C13H12F3N3O. The van der Waals surface area contributed by atoms with E-state index in [2.05, 4.69) is 20.0 Å². The monoisotopic (exact) mass is 283 g/mol. The summed E-state index contributed by atoms with van der Waals surface area (Å²) in [7, 11) is 1.73. The molecule has 2 rings (SSSR count). The van der Waals surface area contributed by atoms with Crippen LogP contribution < -0.4 is 10.1 Å². The number of hydrogen-bond donors (Lipinski definition) is 1. The number of aromatic nitrogens is 2. The molecule has 0 bridgehead atoms. The molecule has 0 aliphatic heterocycles. The number of ether oxygens (including phenoxy) is 1. The van der Waals surface area contributed by atoms with Crippen LogP contribution in [-0.2, 0) is 0 Å². The Bertz CT molecular complexity index is 597. The first-order valence-electron chi connectivity index (χ1n) is 5.77. The number of benzene rings is 1. The fourth-order valence-corrected chi connectivity index (χ4v) is 1.63. The van der Waals surface area contributed by atoms with E-state index in [1.165, 1.54) is 24.3 Å². The smallest absolute Gasteiger partial charge is 0.406 e. The van der Waals surface area contributed by atoms with Crippen LogP contribution in [0.15, 0.2) is 30.3 Å². The van der Waals surface area contributed by atoms with E-state index in [-0.39, 0.29) is 5.75 Å². The molecule has 0 aliphatic rings. The maximum absolute atomic E-state index is 12.1. The van der Waals surface area contributed by atoms with Crippen molar-refractivity contribution >= 4 is 5.82 Å². The van der Waals surface area contributed by atoms with Crippen LogP contribution in [0, 0.1) is 6.92 Å². The Morgan fingerprint density at radius 2 is 1.75 bits per heavy atom. The van der Waals surface area contributed by atoms with Gasteiger partial charge in [0.2, 0.25) is 0 Å². The standard InChI is InChI=1S/C13H12F3N3O/c1-8-7-11(17-2)19-12(18-8)9-3-5-10(6-4-9)20-13(14,15)16/h3-7H,1-2H3,(H,17,18,19). The molecule has 0 radical (unpaired) electrons. The molecule has 0 aliphatic carbocycles. The summed E-state index contributed by atoms with van der Waals surface area (Å²) in [6.45, 7) is 1.81. The summed E-state index contributed by atoms with van der Waals surface area (Å²) >= 11 is 0. The molecule has 0 saturated heterocycles. The van der Waals surface area contributed by atoms with Gasteiger partial charge in [0, 0.05) is 24.4 Å². The van der Waals surface area contributed by atoms with Crippen LogP contribution in [0.4, 0.5) is 19.0 Å². The average molecular weight is 283 g/mol. The fourth-order valence-electron chi connectivity index (χ4n) is 1.63. The van der Waals surface area contributed by atoms with E-state index in [0.29, 0.717) is 17.2 Å². The van der Waals surface area contributed by atoms with Crippen LogP contribution in [0.2, 0.25) is 0 Å². The highest BCUT2D eigenvalue weighted by atomic mass is 19.4. The molecule has 4 nitrogen and oxygen atoms in total. The normalized spacial score (nSPS) is 11.2. The maximum Gasteiger partial charge on any atom is 0.573 e. The van der Waals surface area contributed by atoms with E-state index in [1.807, 2.05) is 6.92 Å². The van der Waals surface area contributed by atoms with Gasteiger partial charge in [0.15, 0.2) is 5.82 Å². The lowest BCUT2D eigenvalue weighted by atomic mass is 10.2. The second-order valence-electron chi connectivity index (χ2n) is 4.04. The fraction of sp³-hybridized carbons (Fsp3) is 0.231. The maximum atomic E-state index is 12.1. The summed E-state index contributed by atoms with van der Waals surface area (Å²) in [4.78, 5) is 8.48. The molecule has 0 amide bonds. The van der Waals surface area contributed by atoms with Crippen molar-refractivity contribution in [3.05, 3.63) is 36.0 Å². The lowest BCUT2D eigenvalue weighted by Crippen LogP contribution is -2.16. The number of rotatable bonds is 3. The zero-order valence-corrected chi connectivity index (χ0v) is 10.8. The molecular weight excluding hydrogens is 271 g/mol. The molecule has 0 saturated carbocycles. The van der Waals surface area contributed by atoms with Crippen molar-refractivity contribution < 1.29 is 17.9 Å². The van der Waals surface area contributed by atoms with Gasteiger partial charge in [-0.05, 0) is 31.2 Å². The van der Waals surface area contributed by atoms with Crippen molar-refractivity contribution in [2.24, 2.45) is 0 Å². The number of alkyl halides is 3. The molecule has 0 spiro atoms. The second-order valence-corrected chi connectivity index (χ2v) is 4.04. The minimum absolute atomic E-state index is 0.275. The van der Waals surface area contributed by atoms with Gasteiger partial charge in [-0.15, -0.1) is 13.2 Å². The molecule has 0 atom stereocenters. The van der Waals surface area contributed by atoms with E-state index < -0.39 is 6.36 Å². The first-order valence-corrected chi connectivity index (χ1v) is 5.77. The van der Waals surface area contributed by atoms with Gasteiger partial charge in [0.1, 0.15) is 11.6 Å². The summed E-state index contributed by atoms with van der Waals surface area (Å²) in [6.07, 6.45) is -4.69. The number of aryl methyl sites for hydroxylation is 1. The third-order valence-electron chi connectivity index (χ3n) is 2.46. The van der Waals surface area contributed by atoms with Gasteiger partial charge in [-0.25, -0.2) is 9.97 Å². The van der Waals surface area contributed by atoms with Crippen molar-refractivity contribution in [2.45, 2.75) is 13.3 Å². The number of hydrogen-bond acceptors (Lipinski definition) is 4. The summed E-state index contributed by atoms with van der Waals surface area (Å²) in [5, 5.41) is 2.90. The van der Waals surface area contributed by atoms with Crippen molar-refractivity contribution in [3.8, 4) is 17.1 Å². The molecule has 1 N–H and O–H groups in total. The second kappa shape index (κ2) is 5.36. The van der Waals surface area contributed by atoms with Gasteiger partial charge in [0.25, 0.3) is 0 Å². The first kappa shape index (κ1) is 14.1. The van der Waals surface area contributed by atoms with Crippen molar-refractivity contribution in [2.75, 3.05) is 12.4 Å². The number of anilines is 1. The van der Waals surface area contributed by atoms with Gasteiger partial charge in [0.05, 0.1) is 0 Å². The van der Waals surface area contributed by atoms with Crippen LogP contribution in [-0.4, -0.2) is 23.4 Å². The van der Waals surface area contributed by atoms with E-state index in [4.69, 9.17) is 0 Å². The molecule has 1 aromatic heterocycles. The van der Waals surface area contributed by atoms with Gasteiger partial charge < -0.3 is 10.1 Å². The SMILES string of the molecule is CNc1cc(C)nc(-c2ccc(OC(F)(F)F)cc2)n1. The number of nitrogens with one attached hydrogen (secondary N) is 1. The van der Waals surface area contributed by atoms with Gasteiger partial charge >= 0.3 is 6.36 Å². The molecule has 20 heavy (non-hydrogen) atoms. The predicted octanol–water partition coefficient (Wildman–Crippen LogP) is 3.39. The lowest BCUT2D eigenvalue weighted by Gasteiger charge is -2.09. The van der Waals surface area contributed by atoms with E-state index in [9.17, 15) is 13.2 Å². The highest BCUT2D eigenvalue weighted by molar-refractivity contribution is 5.58. The highest BCUT2D eigenvalue weighted by Crippen LogP contribution is 2.25. The Morgan fingerprint density at radius 3 is 2.30 bits per heavy atom. The van der Waals surface area contributed by atoms with Gasteiger partial charge in [-0.2, -0.15) is 0 Å². The Kier molecular flexibility index (Phi) is 3.78. The Hall–Kier alpha value is -2.31. The van der Waals surface area contributed by atoms with Gasteiger partial charge in [-0.1, -0.05) is 0 Å². The topological polar surface area (TPSA) is 47.0 Å². The zero-order chi connectivity index (χ0) is 14.8. The Morgan fingerprint density at radius 1 is 1.10 bits per heavy atom. The molecule has 7 heteroatoms. The van der Waals surface area contributed by atoms with Crippen LogP contribution in [0.25, 0.3) is 11.4 Å². The molecule has 106 valence electrons. The minimum Gasteiger partial charge on any atom is -0.406 e. The Labute approximate surface area is 113 Å². The summed E-state index contributed by atoms with van der Waals surface area (Å²) in [5.41, 5.74) is 1.37. The van der Waals surface area contributed by atoms with Crippen molar-refractivity contribution in [3.63, 3.8) is 0 Å². The quantitative estimate of drug-likeness (QED) is 0.938. The average Bonchev–Trinajstić information content (AvgIpc) is 2.37. The highest BCUT2D eigenvalue weighted by Gasteiger charge is 2.30. The lowest BCUT2D eigenvalue weighted by molar-refractivity contribution is -0.274. The minimum atomic E-state index is -4.69. The van der Waals surface area contributed by atoms with Crippen molar-refractivity contribution in [1.82, 2.24) is 9.97 Å². The third kappa shape index (κ3) is 3.59. The molecule has 2 aromatic rings. The van der Waals surface area contributed by atoms with Crippen LogP contribution in [0.1, 0.15) is 5.69 Å². The summed E-state index contributed by atoms with van der Waals surface area (Å²) < 4.78 is 40.0. The van der Waals surface area contributed by atoms with E-state index >= 15 is 0 Å². The van der Waals surface area contributed by atoms with E-state index in [0.717, 1.165) is 5.69 Å². The van der Waals surface area contributed by atoms with Gasteiger partial charge in [-0.3, -0.25) is 0 Å².